The molecular formula is C15H21ClN2S. The first-order valence-electron chi connectivity index (χ1n) is 6.66. The highest BCUT2D eigenvalue weighted by Gasteiger charge is 2.44. The second-order valence-electron chi connectivity index (χ2n) is 5.76. The van der Waals surface area contributed by atoms with Gasteiger partial charge in [0, 0.05) is 24.0 Å². The molecule has 0 bridgehead atoms. The summed E-state index contributed by atoms with van der Waals surface area (Å²) in [5.41, 5.74) is 7.19. The van der Waals surface area contributed by atoms with Crippen molar-refractivity contribution in [1.82, 2.24) is 4.90 Å². The van der Waals surface area contributed by atoms with Gasteiger partial charge in [0.15, 0.2) is 0 Å². The Kier molecular flexibility index (Phi) is 4.49. The third-order valence-corrected chi connectivity index (χ3v) is 4.60. The molecule has 1 unspecified atom stereocenters. The van der Waals surface area contributed by atoms with E-state index >= 15 is 0 Å². The van der Waals surface area contributed by atoms with Crippen LogP contribution >= 0.6 is 23.8 Å². The number of nitrogens with zero attached hydrogens (tertiary/aromatic N) is 1. The van der Waals surface area contributed by atoms with Crippen LogP contribution in [0.5, 0.6) is 0 Å². The van der Waals surface area contributed by atoms with Crippen molar-refractivity contribution in [2.45, 2.75) is 32.2 Å². The maximum atomic E-state index is 6.27. The van der Waals surface area contributed by atoms with Crippen molar-refractivity contribution in [1.29, 1.82) is 0 Å². The predicted octanol–water partition coefficient (Wildman–Crippen LogP) is 3.79. The van der Waals surface area contributed by atoms with Crippen molar-refractivity contribution in [3.63, 3.8) is 0 Å². The van der Waals surface area contributed by atoms with Crippen molar-refractivity contribution in [3.8, 4) is 0 Å². The van der Waals surface area contributed by atoms with E-state index in [4.69, 9.17) is 29.6 Å². The van der Waals surface area contributed by atoms with E-state index in [0.717, 1.165) is 18.0 Å². The fourth-order valence-electron chi connectivity index (χ4n) is 2.65. The average Bonchev–Trinajstić information content (AvgIpc) is 3.07. The second kappa shape index (κ2) is 5.78. The molecule has 1 aromatic carbocycles. The number of halogens is 1. The Bertz CT molecular complexity index is 471. The van der Waals surface area contributed by atoms with Crippen LogP contribution in [-0.4, -0.2) is 23.5 Å². The molecule has 2 nitrogen and oxygen atoms in total. The van der Waals surface area contributed by atoms with Crippen LogP contribution in [0.4, 0.5) is 0 Å². The summed E-state index contributed by atoms with van der Waals surface area (Å²) in [6, 6.07) is 8.35. The van der Waals surface area contributed by atoms with Crippen molar-refractivity contribution in [3.05, 3.63) is 34.9 Å². The fraction of sp³-hybridized carbons (Fsp3) is 0.533. The van der Waals surface area contributed by atoms with Gasteiger partial charge in [-0.25, -0.2) is 0 Å². The Morgan fingerprint density at radius 3 is 2.63 bits per heavy atom. The lowest BCUT2D eigenvalue weighted by Crippen LogP contribution is -2.31. The summed E-state index contributed by atoms with van der Waals surface area (Å²) >= 11 is 11.3. The first-order valence-corrected chi connectivity index (χ1v) is 7.45. The van der Waals surface area contributed by atoms with Crippen LogP contribution in [0.1, 0.15) is 37.8 Å². The van der Waals surface area contributed by atoms with Gasteiger partial charge in [-0.05, 0) is 43.9 Å². The van der Waals surface area contributed by atoms with E-state index in [1.807, 2.05) is 18.2 Å². The highest BCUT2D eigenvalue weighted by Crippen LogP contribution is 2.50. The quantitative estimate of drug-likeness (QED) is 0.810. The van der Waals surface area contributed by atoms with Gasteiger partial charge in [0.05, 0.1) is 4.99 Å². The normalized spacial score (nSPS) is 18.3. The lowest BCUT2D eigenvalue weighted by atomic mass is 9.99. The SMILES string of the molecule is CC(c1ccccc1Cl)N(C)CC1(CC(N)=S)CC1. The van der Waals surface area contributed by atoms with Gasteiger partial charge in [0.25, 0.3) is 0 Å². The Balaban J connectivity index is 2.02. The largest absolute Gasteiger partial charge is 0.393 e. The maximum Gasteiger partial charge on any atom is 0.0733 e. The molecule has 0 aromatic heterocycles. The first kappa shape index (κ1) is 14.8. The molecule has 1 fully saturated rings. The van der Waals surface area contributed by atoms with Gasteiger partial charge in [0.1, 0.15) is 0 Å². The molecule has 4 heteroatoms. The van der Waals surface area contributed by atoms with E-state index in [-0.39, 0.29) is 0 Å². The number of hydrogen-bond donors (Lipinski definition) is 1. The second-order valence-corrected chi connectivity index (χ2v) is 6.69. The molecule has 2 N–H and O–H groups in total. The summed E-state index contributed by atoms with van der Waals surface area (Å²) in [6.45, 7) is 3.22. The lowest BCUT2D eigenvalue weighted by Gasteiger charge is -2.29. The summed E-state index contributed by atoms with van der Waals surface area (Å²) in [6.07, 6.45) is 3.32. The van der Waals surface area contributed by atoms with Gasteiger partial charge >= 0.3 is 0 Å². The van der Waals surface area contributed by atoms with E-state index in [1.54, 1.807) is 0 Å². The Labute approximate surface area is 125 Å². The van der Waals surface area contributed by atoms with Crippen molar-refractivity contribution >= 4 is 28.8 Å². The molecule has 1 aliphatic carbocycles. The van der Waals surface area contributed by atoms with Crippen LogP contribution in [0.25, 0.3) is 0 Å². The number of hydrogen-bond acceptors (Lipinski definition) is 2. The third-order valence-electron chi connectivity index (χ3n) is 4.11. The van der Waals surface area contributed by atoms with Gasteiger partial charge in [-0.15, -0.1) is 0 Å². The number of nitrogens with two attached hydrogens (primary N) is 1. The average molecular weight is 297 g/mol. The summed E-state index contributed by atoms with van der Waals surface area (Å²) in [5, 5.41) is 0.834. The van der Waals surface area contributed by atoms with Gasteiger partial charge in [-0.3, -0.25) is 4.90 Å². The highest BCUT2D eigenvalue weighted by molar-refractivity contribution is 7.80. The van der Waals surface area contributed by atoms with Crippen LogP contribution in [-0.2, 0) is 0 Å². The molecule has 1 saturated carbocycles. The molecule has 1 atom stereocenters. The molecule has 104 valence electrons. The minimum absolute atomic E-state index is 0.303. The minimum atomic E-state index is 0.303. The molecule has 0 aliphatic heterocycles. The molecule has 2 rings (SSSR count). The van der Waals surface area contributed by atoms with Crippen LogP contribution in [0.2, 0.25) is 5.02 Å². The standard InChI is InChI=1S/C15H21ClN2S/c1-11(12-5-3-4-6-13(12)16)18(2)10-15(7-8-15)9-14(17)19/h3-6,11H,7-10H2,1-2H3,(H2,17,19). The zero-order valence-electron chi connectivity index (χ0n) is 11.5. The molecule has 19 heavy (non-hydrogen) atoms. The summed E-state index contributed by atoms with van der Waals surface area (Å²) < 4.78 is 0. The molecule has 0 amide bonds. The minimum Gasteiger partial charge on any atom is -0.393 e. The maximum absolute atomic E-state index is 6.27. The summed E-state index contributed by atoms with van der Waals surface area (Å²) in [7, 11) is 2.15. The number of benzene rings is 1. The van der Waals surface area contributed by atoms with Crippen LogP contribution in [0.3, 0.4) is 0 Å². The third kappa shape index (κ3) is 3.68. The molecule has 1 aliphatic rings. The Morgan fingerprint density at radius 1 is 1.47 bits per heavy atom. The van der Waals surface area contributed by atoms with E-state index in [0.29, 0.717) is 16.4 Å². The molecule has 0 heterocycles. The summed E-state index contributed by atoms with van der Waals surface area (Å²) in [4.78, 5) is 2.99. The first-order chi connectivity index (χ1) is 8.93. The molecule has 0 saturated heterocycles. The zero-order chi connectivity index (χ0) is 14.0. The predicted molar refractivity (Wildman–Crippen MR) is 85.6 cm³/mol. The van der Waals surface area contributed by atoms with Gasteiger partial charge in [0.2, 0.25) is 0 Å². The zero-order valence-corrected chi connectivity index (χ0v) is 13.1. The van der Waals surface area contributed by atoms with Crippen LogP contribution in [0.15, 0.2) is 24.3 Å². The van der Waals surface area contributed by atoms with Gasteiger partial charge < -0.3 is 5.73 Å². The number of thiocarbonyl (C=S) groups is 1. The Morgan fingerprint density at radius 2 is 2.11 bits per heavy atom. The van der Waals surface area contributed by atoms with Crippen molar-refractivity contribution in [2.24, 2.45) is 11.1 Å². The monoisotopic (exact) mass is 296 g/mol. The molecular weight excluding hydrogens is 276 g/mol. The van der Waals surface area contributed by atoms with Crippen molar-refractivity contribution in [2.75, 3.05) is 13.6 Å². The van der Waals surface area contributed by atoms with E-state index in [9.17, 15) is 0 Å². The highest BCUT2D eigenvalue weighted by atomic mass is 35.5. The molecule has 0 radical (unpaired) electrons. The molecule has 1 aromatic rings. The van der Waals surface area contributed by atoms with Gasteiger partial charge in [-0.1, -0.05) is 42.0 Å². The lowest BCUT2D eigenvalue weighted by molar-refractivity contribution is 0.212. The van der Waals surface area contributed by atoms with E-state index < -0.39 is 0 Å². The van der Waals surface area contributed by atoms with E-state index in [1.165, 1.54) is 18.4 Å². The van der Waals surface area contributed by atoms with Crippen molar-refractivity contribution < 1.29 is 0 Å². The smallest absolute Gasteiger partial charge is 0.0733 e. The van der Waals surface area contributed by atoms with Crippen LogP contribution < -0.4 is 5.73 Å². The van der Waals surface area contributed by atoms with Crippen LogP contribution in [0, 0.1) is 5.41 Å². The molecule has 0 spiro atoms. The van der Waals surface area contributed by atoms with E-state index in [2.05, 4.69) is 24.9 Å². The summed E-state index contributed by atoms with van der Waals surface area (Å²) in [5.74, 6) is 0. The van der Waals surface area contributed by atoms with Gasteiger partial charge in [-0.2, -0.15) is 0 Å². The number of rotatable bonds is 6. The fourth-order valence-corrected chi connectivity index (χ4v) is 3.25. The Hall–Kier alpha value is -0.640. The topological polar surface area (TPSA) is 29.3 Å².